The number of aryl methyl sites for hydroxylation is 1. The number of pyridine rings is 1. The maximum atomic E-state index is 13.4. The first-order valence-electron chi connectivity index (χ1n) is 15.8. The lowest BCUT2D eigenvalue weighted by Crippen LogP contribution is -2.45. The zero-order valence-corrected chi connectivity index (χ0v) is 27.3. The Morgan fingerprint density at radius 3 is 2.25 bits per heavy atom. The summed E-state index contributed by atoms with van der Waals surface area (Å²) in [5.41, 5.74) is 11.7. The molecule has 1 N–H and O–H groups in total. The van der Waals surface area contributed by atoms with Gasteiger partial charge in [0.15, 0.2) is 0 Å². The van der Waals surface area contributed by atoms with E-state index in [1.807, 2.05) is 37.3 Å². The zero-order valence-electron chi connectivity index (χ0n) is 26.6. The fraction of sp³-hybridized carbons (Fsp3) is 0.368. The molecular formula is C38H43ClN4O. The van der Waals surface area contributed by atoms with E-state index in [0.29, 0.717) is 10.7 Å². The highest BCUT2D eigenvalue weighted by molar-refractivity contribution is 6.30. The van der Waals surface area contributed by atoms with Gasteiger partial charge in [-0.25, -0.2) is 0 Å². The third kappa shape index (κ3) is 6.40. The lowest BCUT2D eigenvalue weighted by Gasteiger charge is -2.38. The largest absolute Gasteiger partial charge is 0.369 e. The number of rotatable bonds is 5. The minimum atomic E-state index is -0.118. The van der Waals surface area contributed by atoms with E-state index in [2.05, 4.69) is 84.3 Å². The lowest BCUT2D eigenvalue weighted by atomic mass is 9.81. The number of fused-ring (bicyclic) bond motifs is 1. The Kier molecular flexibility index (Phi) is 8.54. The summed E-state index contributed by atoms with van der Waals surface area (Å²) in [6.45, 7) is 13.0. The molecule has 228 valence electrons. The Morgan fingerprint density at radius 1 is 0.886 bits per heavy atom. The van der Waals surface area contributed by atoms with Gasteiger partial charge in [0.2, 0.25) is 0 Å². The SMILES string of the molecule is Cc1cc(Cl)ccc1-c1ccc(C(=O)N[C@H]2CCc3c(-c4ccc(C(C)(C)C)cc4)ccc(N4CCN(C)CC4)c3C2)nc1. The maximum Gasteiger partial charge on any atom is 0.270 e. The second-order valence-electron chi connectivity index (χ2n) is 13.5. The minimum Gasteiger partial charge on any atom is -0.369 e. The highest BCUT2D eigenvalue weighted by Crippen LogP contribution is 2.39. The summed E-state index contributed by atoms with van der Waals surface area (Å²) in [5.74, 6) is -0.118. The summed E-state index contributed by atoms with van der Waals surface area (Å²) in [6.07, 6.45) is 4.43. The summed E-state index contributed by atoms with van der Waals surface area (Å²) >= 11 is 6.14. The number of likely N-dealkylation sites (N-methyl/N-ethyl adjacent to an activating group) is 1. The number of aromatic nitrogens is 1. The van der Waals surface area contributed by atoms with Crippen molar-refractivity contribution in [1.82, 2.24) is 15.2 Å². The molecule has 0 saturated carbocycles. The molecule has 5 nitrogen and oxygen atoms in total. The van der Waals surface area contributed by atoms with Crippen LogP contribution < -0.4 is 10.2 Å². The Balaban J connectivity index is 1.25. The zero-order chi connectivity index (χ0) is 31.0. The lowest BCUT2D eigenvalue weighted by molar-refractivity contribution is 0.0928. The molecule has 1 fully saturated rings. The van der Waals surface area contributed by atoms with Crippen LogP contribution in [0.15, 0.2) is 72.9 Å². The van der Waals surface area contributed by atoms with Crippen molar-refractivity contribution in [1.29, 1.82) is 0 Å². The molecular weight excluding hydrogens is 564 g/mol. The normalized spacial score (nSPS) is 17.3. The first-order valence-corrected chi connectivity index (χ1v) is 16.2. The van der Waals surface area contributed by atoms with Crippen LogP contribution in [0.1, 0.15) is 59.9 Å². The maximum absolute atomic E-state index is 13.4. The van der Waals surface area contributed by atoms with Gasteiger partial charge in [-0.15, -0.1) is 0 Å². The van der Waals surface area contributed by atoms with Crippen molar-refractivity contribution in [2.45, 2.75) is 58.4 Å². The van der Waals surface area contributed by atoms with Crippen LogP contribution in [-0.2, 0) is 18.3 Å². The number of amides is 1. The number of nitrogens with zero attached hydrogens (tertiary/aromatic N) is 3. The molecule has 0 bridgehead atoms. The second-order valence-corrected chi connectivity index (χ2v) is 13.9. The van der Waals surface area contributed by atoms with Crippen molar-refractivity contribution in [3.05, 3.63) is 106 Å². The van der Waals surface area contributed by atoms with Crippen molar-refractivity contribution in [3.8, 4) is 22.3 Å². The first kappa shape index (κ1) is 30.4. The van der Waals surface area contributed by atoms with Gasteiger partial charge in [-0.2, -0.15) is 0 Å². The smallest absolute Gasteiger partial charge is 0.270 e. The molecule has 2 aliphatic rings. The van der Waals surface area contributed by atoms with Crippen LogP contribution in [0.2, 0.25) is 5.02 Å². The summed E-state index contributed by atoms with van der Waals surface area (Å²) in [6, 6.07) is 23.4. The number of hydrogen-bond donors (Lipinski definition) is 1. The Labute approximate surface area is 267 Å². The fourth-order valence-electron chi connectivity index (χ4n) is 6.65. The summed E-state index contributed by atoms with van der Waals surface area (Å²) in [4.78, 5) is 22.9. The summed E-state index contributed by atoms with van der Waals surface area (Å²) < 4.78 is 0. The molecule has 1 aliphatic heterocycles. The van der Waals surface area contributed by atoms with Crippen molar-refractivity contribution in [2.24, 2.45) is 0 Å². The quantitative estimate of drug-likeness (QED) is 0.253. The van der Waals surface area contributed by atoms with Crippen LogP contribution in [0.25, 0.3) is 22.3 Å². The van der Waals surface area contributed by atoms with Gasteiger partial charge >= 0.3 is 0 Å². The van der Waals surface area contributed by atoms with Gasteiger partial charge in [0.05, 0.1) is 0 Å². The van der Waals surface area contributed by atoms with E-state index in [-0.39, 0.29) is 17.4 Å². The predicted octanol–water partition coefficient (Wildman–Crippen LogP) is 7.71. The van der Waals surface area contributed by atoms with Crippen LogP contribution in [0, 0.1) is 6.92 Å². The fourth-order valence-corrected chi connectivity index (χ4v) is 6.87. The number of halogens is 1. The van der Waals surface area contributed by atoms with Crippen LogP contribution >= 0.6 is 11.6 Å². The summed E-state index contributed by atoms with van der Waals surface area (Å²) in [5, 5.41) is 4.04. The molecule has 0 unspecified atom stereocenters. The van der Waals surface area contributed by atoms with Gasteiger partial charge in [0.1, 0.15) is 5.69 Å². The molecule has 1 atom stereocenters. The van der Waals surface area contributed by atoms with E-state index < -0.39 is 0 Å². The molecule has 2 heterocycles. The van der Waals surface area contributed by atoms with E-state index in [0.717, 1.165) is 62.1 Å². The standard InChI is InChI=1S/C38H43ClN4O/c1-25-22-29(39)11-13-31(25)27-8-16-35(40-24-27)37(44)41-30-12-14-33-32(26-6-9-28(10-7-26)38(2,3)4)15-17-36(34(33)23-30)43-20-18-42(5)19-21-43/h6-11,13,15-17,22,24,30H,12,14,18-21,23H2,1-5H3,(H,41,44)/t30-/m0/s1. The van der Waals surface area contributed by atoms with Crippen molar-refractivity contribution >= 4 is 23.2 Å². The molecule has 0 spiro atoms. The number of benzene rings is 3. The minimum absolute atomic E-state index is 0.0553. The van der Waals surface area contributed by atoms with Crippen LogP contribution in [0.3, 0.4) is 0 Å². The third-order valence-corrected chi connectivity index (χ3v) is 9.57. The molecule has 1 aromatic heterocycles. The number of carbonyl (C=O) groups is 1. The van der Waals surface area contributed by atoms with E-state index in [1.54, 1.807) is 6.20 Å². The average Bonchev–Trinajstić information content (AvgIpc) is 3.01. The monoisotopic (exact) mass is 606 g/mol. The van der Waals surface area contributed by atoms with Crippen LogP contribution in [0.4, 0.5) is 5.69 Å². The van der Waals surface area contributed by atoms with Gasteiger partial charge in [0.25, 0.3) is 5.91 Å². The van der Waals surface area contributed by atoms with Gasteiger partial charge in [-0.1, -0.05) is 74.8 Å². The van der Waals surface area contributed by atoms with Crippen molar-refractivity contribution < 1.29 is 4.79 Å². The highest BCUT2D eigenvalue weighted by Gasteiger charge is 2.28. The Morgan fingerprint density at radius 2 is 1.59 bits per heavy atom. The van der Waals surface area contributed by atoms with Crippen molar-refractivity contribution in [2.75, 3.05) is 38.1 Å². The predicted molar refractivity (Wildman–Crippen MR) is 183 cm³/mol. The van der Waals surface area contributed by atoms with Crippen LogP contribution in [0.5, 0.6) is 0 Å². The van der Waals surface area contributed by atoms with Crippen molar-refractivity contribution in [3.63, 3.8) is 0 Å². The number of hydrogen-bond acceptors (Lipinski definition) is 4. The molecule has 3 aromatic carbocycles. The van der Waals surface area contributed by atoms with Gasteiger partial charge in [0, 0.05) is 54.7 Å². The molecule has 6 heteroatoms. The first-order chi connectivity index (χ1) is 21.1. The van der Waals surface area contributed by atoms with E-state index in [9.17, 15) is 4.79 Å². The number of carbonyl (C=O) groups excluding carboxylic acids is 1. The number of nitrogens with one attached hydrogen (secondary N) is 1. The average molecular weight is 607 g/mol. The molecule has 44 heavy (non-hydrogen) atoms. The van der Waals surface area contributed by atoms with Gasteiger partial charge < -0.3 is 15.1 Å². The van der Waals surface area contributed by atoms with E-state index >= 15 is 0 Å². The van der Waals surface area contributed by atoms with Gasteiger partial charge in [-0.3, -0.25) is 9.78 Å². The second kappa shape index (κ2) is 12.4. The molecule has 1 amide bonds. The molecule has 4 aromatic rings. The molecule has 0 radical (unpaired) electrons. The Hall–Kier alpha value is -3.67. The topological polar surface area (TPSA) is 48.5 Å². The van der Waals surface area contributed by atoms with E-state index in [4.69, 9.17) is 11.6 Å². The Bertz CT molecular complexity index is 1650. The molecule has 1 saturated heterocycles. The third-order valence-electron chi connectivity index (χ3n) is 9.34. The van der Waals surface area contributed by atoms with Gasteiger partial charge in [-0.05, 0) is 102 Å². The highest BCUT2D eigenvalue weighted by atomic mass is 35.5. The molecule has 1 aliphatic carbocycles. The van der Waals surface area contributed by atoms with E-state index in [1.165, 1.54) is 33.5 Å². The van der Waals surface area contributed by atoms with Crippen LogP contribution in [-0.4, -0.2) is 55.1 Å². The number of anilines is 1. The number of piperazine rings is 1. The molecule has 6 rings (SSSR count). The summed E-state index contributed by atoms with van der Waals surface area (Å²) in [7, 11) is 2.19.